The van der Waals surface area contributed by atoms with Crippen LogP contribution in [0.2, 0.25) is 0 Å². The summed E-state index contributed by atoms with van der Waals surface area (Å²) < 4.78 is 0. The van der Waals surface area contributed by atoms with E-state index in [1.54, 1.807) is 24.8 Å². The van der Waals surface area contributed by atoms with Gasteiger partial charge in [-0.15, -0.1) is 0 Å². The number of benzene rings is 5. The van der Waals surface area contributed by atoms with Crippen LogP contribution in [0.4, 0.5) is 0 Å². The van der Waals surface area contributed by atoms with E-state index in [0.717, 1.165) is 33.6 Å². The van der Waals surface area contributed by atoms with Crippen LogP contribution in [0.15, 0.2) is 164 Å². The smallest absolute Gasteiger partial charge is 0.0716 e. The van der Waals surface area contributed by atoms with Gasteiger partial charge in [0.2, 0.25) is 0 Å². The fourth-order valence-electron chi connectivity index (χ4n) is 6.05. The molecule has 206 valence electrons. The van der Waals surface area contributed by atoms with Gasteiger partial charge in [0.1, 0.15) is 0 Å². The summed E-state index contributed by atoms with van der Waals surface area (Å²) >= 11 is 0. The quantitative estimate of drug-likeness (QED) is 0.196. The van der Waals surface area contributed by atoms with Crippen molar-refractivity contribution in [2.24, 2.45) is 0 Å². The monoisotopic (exact) mass is 561 g/mol. The summed E-state index contributed by atoms with van der Waals surface area (Å²) in [6, 6.07) is 49.7. The standard InChI is InChI=1S/C41H27N3/c1-2-9-36-34(6-1)25-39(38-11-4-3-10-37(36)38)33-8-5-7-32(24-33)28-12-14-29(15-13-28)35-26-40(30-16-20-42-21-17-30)44-41(27-35)31-18-22-43-23-19-31/h1-27H. The van der Waals surface area contributed by atoms with Gasteiger partial charge in [0.25, 0.3) is 0 Å². The van der Waals surface area contributed by atoms with Crippen LogP contribution >= 0.6 is 0 Å². The lowest BCUT2D eigenvalue weighted by Gasteiger charge is -2.13. The summed E-state index contributed by atoms with van der Waals surface area (Å²) in [7, 11) is 0. The number of pyridine rings is 3. The van der Waals surface area contributed by atoms with Crippen molar-refractivity contribution in [3.63, 3.8) is 0 Å². The van der Waals surface area contributed by atoms with Gasteiger partial charge in [0.15, 0.2) is 0 Å². The first-order valence-corrected chi connectivity index (χ1v) is 14.7. The second-order valence-corrected chi connectivity index (χ2v) is 10.9. The van der Waals surface area contributed by atoms with Crippen molar-refractivity contribution in [2.75, 3.05) is 0 Å². The third kappa shape index (κ3) is 4.81. The van der Waals surface area contributed by atoms with E-state index in [9.17, 15) is 0 Å². The Labute approximate surface area is 256 Å². The summed E-state index contributed by atoms with van der Waals surface area (Å²) in [5, 5.41) is 5.09. The van der Waals surface area contributed by atoms with Crippen molar-refractivity contribution < 1.29 is 0 Å². The molecule has 0 aliphatic carbocycles. The minimum Gasteiger partial charge on any atom is -0.265 e. The zero-order chi connectivity index (χ0) is 29.3. The van der Waals surface area contributed by atoms with Crippen molar-refractivity contribution in [3.8, 4) is 55.9 Å². The van der Waals surface area contributed by atoms with Gasteiger partial charge in [0.05, 0.1) is 11.4 Å². The Kier molecular flexibility index (Phi) is 6.47. The first kappa shape index (κ1) is 25.8. The molecule has 3 aromatic heterocycles. The predicted octanol–water partition coefficient (Wildman–Crippen LogP) is 10.5. The minimum absolute atomic E-state index is 0.913. The molecule has 0 atom stereocenters. The van der Waals surface area contributed by atoms with Gasteiger partial charge in [-0.3, -0.25) is 9.97 Å². The van der Waals surface area contributed by atoms with Gasteiger partial charge < -0.3 is 0 Å². The molecule has 0 aliphatic rings. The van der Waals surface area contributed by atoms with Crippen LogP contribution in [0.3, 0.4) is 0 Å². The highest BCUT2D eigenvalue weighted by molar-refractivity contribution is 6.13. The second kappa shape index (κ2) is 11.0. The summed E-state index contributed by atoms with van der Waals surface area (Å²) in [6.45, 7) is 0. The first-order valence-electron chi connectivity index (χ1n) is 14.7. The number of aromatic nitrogens is 3. The zero-order valence-corrected chi connectivity index (χ0v) is 23.9. The highest BCUT2D eigenvalue weighted by Gasteiger charge is 2.11. The zero-order valence-electron chi connectivity index (χ0n) is 23.9. The minimum atomic E-state index is 0.913. The number of nitrogens with zero attached hydrogens (tertiary/aromatic N) is 3. The molecule has 44 heavy (non-hydrogen) atoms. The topological polar surface area (TPSA) is 38.7 Å². The average Bonchev–Trinajstić information content (AvgIpc) is 3.12. The Balaban J connectivity index is 1.19. The lowest BCUT2D eigenvalue weighted by Crippen LogP contribution is -1.91. The molecule has 0 saturated heterocycles. The van der Waals surface area contributed by atoms with Gasteiger partial charge in [-0.25, -0.2) is 4.98 Å². The van der Waals surface area contributed by atoms with E-state index in [2.05, 4.69) is 125 Å². The summed E-state index contributed by atoms with van der Waals surface area (Å²) in [5.74, 6) is 0. The fourth-order valence-corrected chi connectivity index (χ4v) is 6.05. The van der Waals surface area contributed by atoms with E-state index in [-0.39, 0.29) is 0 Å². The molecule has 0 amide bonds. The van der Waals surface area contributed by atoms with E-state index in [0.29, 0.717) is 0 Å². The SMILES string of the molecule is c1cc(-c2ccc(-c3cc(-c4ccncc4)nc(-c4ccncc4)c3)cc2)cc(-c2cc3ccccc3c3ccccc23)c1. The summed E-state index contributed by atoms with van der Waals surface area (Å²) in [4.78, 5) is 13.4. The summed E-state index contributed by atoms with van der Waals surface area (Å²) in [6.07, 6.45) is 7.22. The van der Waals surface area contributed by atoms with Crippen LogP contribution in [0.5, 0.6) is 0 Å². The second-order valence-electron chi connectivity index (χ2n) is 10.9. The molecule has 8 aromatic rings. The molecular formula is C41H27N3. The number of fused-ring (bicyclic) bond motifs is 3. The third-order valence-electron chi connectivity index (χ3n) is 8.27. The van der Waals surface area contributed by atoms with Crippen LogP contribution < -0.4 is 0 Å². The maximum atomic E-state index is 4.99. The van der Waals surface area contributed by atoms with Gasteiger partial charge in [-0.05, 0) is 103 Å². The lowest BCUT2D eigenvalue weighted by atomic mass is 9.91. The van der Waals surface area contributed by atoms with Crippen molar-refractivity contribution in [2.45, 2.75) is 0 Å². The molecule has 5 aromatic carbocycles. The number of hydrogen-bond acceptors (Lipinski definition) is 3. The Hall–Kier alpha value is -5.93. The molecule has 0 fully saturated rings. The maximum absolute atomic E-state index is 4.99. The van der Waals surface area contributed by atoms with Crippen LogP contribution in [0.25, 0.3) is 77.4 Å². The van der Waals surface area contributed by atoms with Crippen LogP contribution in [-0.4, -0.2) is 15.0 Å². The Bertz CT molecular complexity index is 2200. The molecule has 0 unspecified atom stereocenters. The molecule has 0 bridgehead atoms. The molecule has 3 heterocycles. The predicted molar refractivity (Wildman–Crippen MR) is 182 cm³/mol. The van der Waals surface area contributed by atoms with Gasteiger partial charge in [-0.2, -0.15) is 0 Å². The number of hydrogen-bond donors (Lipinski definition) is 0. The largest absolute Gasteiger partial charge is 0.265 e. The van der Waals surface area contributed by atoms with Crippen molar-refractivity contribution in [3.05, 3.63) is 164 Å². The Morgan fingerprint density at radius 2 is 0.864 bits per heavy atom. The maximum Gasteiger partial charge on any atom is 0.0716 e. The van der Waals surface area contributed by atoms with Crippen LogP contribution in [-0.2, 0) is 0 Å². The molecule has 0 aliphatic heterocycles. The van der Waals surface area contributed by atoms with Crippen molar-refractivity contribution >= 4 is 21.5 Å². The van der Waals surface area contributed by atoms with E-state index in [1.807, 2.05) is 24.3 Å². The van der Waals surface area contributed by atoms with Gasteiger partial charge >= 0.3 is 0 Å². The molecule has 0 spiro atoms. The molecule has 3 heteroatoms. The average molecular weight is 562 g/mol. The van der Waals surface area contributed by atoms with E-state index >= 15 is 0 Å². The molecule has 0 N–H and O–H groups in total. The third-order valence-corrected chi connectivity index (χ3v) is 8.27. The normalized spacial score (nSPS) is 11.2. The highest BCUT2D eigenvalue weighted by atomic mass is 14.7. The van der Waals surface area contributed by atoms with Crippen LogP contribution in [0.1, 0.15) is 0 Å². The van der Waals surface area contributed by atoms with E-state index < -0.39 is 0 Å². The Morgan fingerprint density at radius 1 is 0.318 bits per heavy atom. The van der Waals surface area contributed by atoms with Crippen LogP contribution in [0, 0.1) is 0 Å². The number of rotatable bonds is 5. The van der Waals surface area contributed by atoms with Gasteiger partial charge in [0, 0.05) is 35.9 Å². The highest BCUT2D eigenvalue weighted by Crippen LogP contribution is 2.37. The molecular weight excluding hydrogens is 534 g/mol. The van der Waals surface area contributed by atoms with E-state index in [4.69, 9.17) is 4.98 Å². The lowest BCUT2D eigenvalue weighted by molar-refractivity contribution is 1.27. The van der Waals surface area contributed by atoms with E-state index in [1.165, 1.54) is 43.8 Å². The fraction of sp³-hybridized carbons (Fsp3) is 0. The van der Waals surface area contributed by atoms with Crippen molar-refractivity contribution in [1.82, 2.24) is 15.0 Å². The molecule has 0 saturated carbocycles. The molecule has 8 rings (SSSR count). The Morgan fingerprint density at radius 3 is 1.52 bits per heavy atom. The molecule has 3 nitrogen and oxygen atoms in total. The first-order chi connectivity index (χ1) is 21.8. The van der Waals surface area contributed by atoms with Crippen molar-refractivity contribution in [1.29, 1.82) is 0 Å². The summed E-state index contributed by atoms with van der Waals surface area (Å²) in [5.41, 5.74) is 11.0. The molecule has 0 radical (unpaired) electrons. The van der Waals surface area contributed by atoms with Gasteiger partial charge in [-0.1, -0.05) is 91.0 Å².